The average Bonchev–Trinajstić information content (AvgIpc) is 3.45. The lowest BCUT2D eigenvalue weighted by atomic mass is 10.1. The molecule has 2 aromatic carbocycles. The van der Waals surface area contributed by atoms with Gasteiger partial charge in [0.2, 0.25) is 5.91 Å². The zero-order chi connectivity index (χ0) is 18.5. The summed E-state index contributed by atoms with van der Waals surface area (Å²) in [5, 5.41) is 5.77. The zero-order valence-corrected chi connectivity index (χ0v) is 14.9. The zero-order valence-electron chi connectivity index (χ0n) is 14.9. The van der Waals surface area contributed by atoms with Gasteiger partial charge in [-0.05, 0) is 43.2 Å². The van der Waals surface area contributed by atoms with Gasteiger partial charge in [-0.15, -0.1) is 0 Å². The molecular weight excluding hydrogens is 332 g/mol. The van der Waals surface area contributed by atoms with E-state index in [2.05, 4.69) is 10.6 Å². The number of amides is 2. The van der Waals surface area contributed by atoms with Crippen LogP contribution in [0.15, 0.2) is 42.5 Å². The molecule has 2 amide bonds. The average molecular weight is 354 g/mol. The van der Waals surface area contributed by atoms with E-state index >= 15 is 0 Å². The van der Waals surface area contributed by atoms with Crippen molar-refractivity contribution >= 4 is 17.5 Å². The Kier molecular flexibility index (Phi) is 5.41. The largest absolute Gasteiger partial charge is 0.497 e. The molecule has 26 heavy (non-hydrogen) atoms. The monoisotopic (exact) mass is 354 g/mol. The molecular formula is C20H22N2O4. The molecule has 6 heteroatoms. The van der Waals surface area contributed by atoms with Gasteiger partial charge in [-0.3, -0.25) is 9.59 Å². The van der Waals surface area contributed by atoms with E-state index in [0.717, 1.165) is 12.8 Å². The Labute approximate surface area is 152 Å². The second-order valence-electron chi connectivity index (χ2n) is 6.20. The maximum Gasteiger partial charge on any atom is 0.253 e. The van der Waals surface area contributed by atoms with Crippen LogP contribution in [0.25, 0.3) is 0 Å². The maximum absolute atomic E-state index is 12.5. The molecule has 2 N–H and O–H groups in total. The number of nitrogens with one attached hydrogen (secondary N) is 2. The van der Waals surface area contributed by atoms with Gasteiger partial charge >= 0.3 is 0 Å². The number of ether oxygens (including phenoxy) is 2. The van der Waals surface area contributed by atoms with Gasteiger partial charge < -0.3 is 20.1 Å². The van der Waals surface area contributed by atoms with Gasteiger partial charge in [-0.25, -0.2) is 0 Å². The summed E-state index contributed by atoms with van der Waals surface area (Å²) < 4.78 is 10.5. The Morgan fingerprint density at radius 2 is 1.85 bits per heavy atom. The maximum atomic E-state index is 12.5. The van der Waals surface area contributed by atoms with Crippen molar-refractivity contribution in [3.8, 4) is 11.5 Å². The first-order chi connectivity index (χ1) is 12.6. The third-order valence-electron chi connectivity index (χ3n) is 4.20. The minimum atomic E-state index is -0.233. The predicted octanol–water partition coefficient (Wildman–Crippen LogP) is 2.78. The Morgan fingerprint density at radius 1 is 1.08 bits per heavy atom. The molecule has 1 aliphatic carbocycles. The molecule has 0 spiro atoms. The lowest BCUT2D eigenvalue weighted by Gasteiger charge is -2.13. The van der Waals surface area contributed by atoms with E-state index in [0.29, 0.717) is 28.3 Å². The van der Waals surface area contributed by atoms with Crippen LogP contribution in [0, 0.1) is 0 Å². The normalized spacial score (nSPS) is 13.0. The molecule has 0 saturated heterocycles. The minimum absolute atomic E-state index is 0.110. The molecule has 1 fully saturated rings. The molecule has 0 radical (unpaired) electrons. The summed E-state index contributed by atoms with van der Waals surface area (Å²) in [7, 11) is 3.13. The molecule has 1 saturated carbocycles. The number of rotatable bonds is 7. The first-order valence-electron chi connectivity index (χ1n) is 8.51. The van der Waals surface area contributed by atoms with Gasteiger partial charge in [0.25, 0.3) is 5.91 Å². The quantitative estimate of drug-likeness (QED) is 0.802. The molecule has 136 valence electrons. The Morgan fingerprint density at radius 3 is 2.54 bits per heavy atom. The second-order valence-corrected chi connectivity index (χ2v) is 6.20. The lowest BCUT2D eigenvalue weighted by Crippen LogP contribution is -2.27. The summed E-state index contributed by atoms with van der Waals surface area (Å²) in [6.07, 6.45) is 2.13. The van der Waals surface area contributed by atoms with Crippen molar-refractivity contribution in [3.05, 3.63) is 53.6 Å². The van der Waals surface area contributed by atoms with E-state index in [1.807, 2.05) is 0 Å². The van der Waals surface area contributed by atoms with Crippen molar-refractivity contribution in [2.45, 2.75) is 25.3 Å². The SMILES string of the molecule is COc1ccc(OC)c(CC(=O)Nc2ccccc2C(=O)NC2CC2)c1. The van der Waals surface area contributed by atoms with E-state index in [-0.39, 0.29) is 24.3 Å². The van der Waals surface area contributed by atoms with Crippen LogP contribution in [-0.4, -0.2) is 32.1 Å². The predicted molar refractivity (Wildman–Crippen MR) is 98.8 cm³/mol. The van der Waals surface area contributed by atoms with Crippen molar-refractivity contribution in [1.29, 1.82) is 0 Å². The third kappa shape index (κ3) is 4.33. The summed E-state index contributed by atoms with van der Waals surface area (Å²) in [5.74, 6) is 0.865. The standard InChI is InChI=1S/C20H22N2O4/c1-25-15-9-10-18(26-2)13(11-15)12-19(23)22-17-6-4-3-5-16(17)20(24)21-14-7-8-14/h3-6,9-11,14H,7-8,12H2,1-2H3,(H,21,24)(H,22,23). The second kappa shape index (κ2) is 7.91. The fourth-order valence-corrected chi connectivity index (χ4v) is 2.67. The van der Waals surface area contributed by atoms with Crippen molar-refractivity contribution in [2.75, 3.05) is 19.5 Å². The lowest BCUT2D eigenvalue weighted by molar-refractivity contribution is -0.115. The topological polar surface area (TPSA) is 76.7 Å². The van der Waals surface area contributed by atoms with Gasteiger partial charge in [0.05, 0.1) is 31.9 Å². The number of carbonyl (C=O) groups is 2. The molecule has 1 aliphatic rings. The number of carbonyl (C=O) groups excluding carboxylic acids is 2. The van der Waals surface area contributed by atoms with Crippen LogP contribution in [0.2, 0.25) is 0 Å². The van der Waals surface area contributed by atoms with Crippen LogP contribution in [0.4, 0.5) is 5.69 Å². The highest BCUT2D eigenvalue weighted by molar-refractivity contribution is 6.04. The van der Waals surface area contributed by atoms with E-state index in [1.165, 1.54) is 0 Å². The molecule has 0 aliphatic heterocycles. The van der Waals surface area contributed by atoms with Crippen LogP contribution >= 0.6 is 0 Å². The Bertz CT molecular complexity index is 815. The molecule has 0 unspecified atom stereocenters. The molecule has 0 atom stereocenters. The Hall–Kier alpha value is -3.02. The van der Waals surface area contributed by atoms with Crippen LogP contribution in [0.3, 0.4) is 0 Å². The highest BCUT2D eigenvalue weighted by Gasteiger charge is 2.25. The number of hydrogen-bond acceptors (Lipinski definition) is 4. The van der Waals surface area contributed by atoms with Crippen LogP contribution in [-0.2, 0) is 11.2 Å². The number of hydrogen-bond donors (Lipinski definition) is 2. The smallest absolute Gasteiger partial charge is 0.253 e. The van der Waals surface area contributed by atoms with Gasteiger partial charge in [0, 0.05) is 11.6 Å². The number of methoxy groups -OCH3 is 2. The molecule has 6 nitrogen and oxygen atoms in total. The van der Waals surface area contributed by atoms with E-state index in [9.17, 15) is 9.59 Å². The van der Waals surface area contributed by atoms with Crippen molar-refractivity contribution in [3.63, 3.8) is 0 Å². The van der Waals surface area contributed by atoms with Crippen molar-refractivity contribution in [1.82, 2.24) is 5.32 Å². The fraction of sp³-hybridized carbons (Fsp3) is 0.300. The van der Waals surface area contributed by atoms with Gasteiger partial charge in [0.1, 0.15) is 11.5 Å². The number of para-hydroxylation sites is 1. The molecule has 0 bridgehead atoms. The fourth-order valence-electron chi connectivity index (χ4n) is 2.67. The Balaban J connectivity index is 1.73. The molecule has 0 heterocycles. The van der Waals surface area contributed by atoms with Crippen molar-refractivity contribution in [2.24, 2.45) is 0 Å². The molecule has 3 rings (SSSR count). The molecule has 2 aromatic rings. The first kappa shape index (κ1) is 17.8. The number of anilines is 1. The van der Waals surface area contributed by atoms with E-state index < -0.39 is 0 Å². The first-order valence-corrected chi connectivity index (χ1v) is 8.51. The summed E-state index contributed by atoms with van der Waals surface area (Å²) >= 11 is 0. The summed E-state index contributed by atoms with van der Waals surface area (Å²) in [5.41, 5.74) is 1.67. The number of benzene rings is 2. The summed E-state index contributed by atoms with van der Waals surface area (Å²) in [4.78, 5) is 24.9. The van der Waals surface area contributed by atoms with Crippen molar-refractivity contribution < 1.29 is 19.1 Å². The third-order valence-corrected chi connectivity index (χ3v) is 4.20. The molecule has 0 aromatic heterocycles. The van der Waals surface area contributed by atoms with E-state index in [1.54, 1.807) is 56.7 Å². The highest BCUT2D eigenvalue weighted by atomic mass is 16.5. The summed E-state index contributed by atoms with van der Waals surface area (Å²) in [6.45, 7) is 0. The van der Waals surface area contributed by atoms with Crippen LogP contribution < -0.4 is 20.1 Å². The highest BCUT2D eigenvalue weighted by Crippen LogP contribution is 2.25. The van der Waals surface area contributed by atoms with Crippen LogP contribution in [0.5, 0.6) is 11.5 Å². The van der Waals surface area contributed by atoms with E-state index in [4.69, 9.17) is 9.47 Å². The van der Waals surface area contributed by atoms with Gasteiger partial charge in [0.15, 0.2) is 0 Å². The van der Waals surface area contributed by atoms with Gasteiger partial charge in [-0.2, -0.15) is 0 Å². The minimum Gasteiger partial charge on any atom is -0.497 e. The van der Waals surface area contributed by atoms with Gasteiger partial charge in [-0.1, -0.05) is 12.1 Å². The summed E-state index contributed by atoms with van der Waals surface area (Å²) in [6, 6.07) is 12.6. The van der Waals surface area contributed by atoms with Crippen LogP contribution in [0.1, 0.15) is 28.8 Å².